The summed E-state index contributed by atoms with van der Waals surface area (Å²) < 4.78 is 5.33. The molecule has 1 aromatic carbocycles. The number of nitrogens with one attached hydrogen (secondary N) is 1. The topological polar surface area (TPSA) is 71.4 Å². The number of hydrogen-bond acceptors (Lipinski definition) is 4. The molecule has 1 fully saturated rings. The Hall–Kier alpha value is -2.01. The van der Waals surface area contributed by atoms with Gasteiger partial charge in [0.1, 0.15) is 0 Å². The number of nitrogens with zero attached hydrogens (tertiary/aromatic N) is 1. The summed E-state index contributed by atoms with van der Waals surface area (Å²) in [6.45, 7) is 2.98. The van der Waals surface area contributed by atoms with E-state index in [9.17, 15) is 4.79 Å². The highest BCUT2D eigenvalue weighted by molar-refractivity contribution is 5.93. The van der Waals surface area contributed by atoms with Crippen LogP contribution < -0.4 is 16.2 Å². The van der Waals surface area contributed by atoms with Crippen LogP contribution in [-0.4, -0.2) is 31.3 Å². The maximum atomic E-state index is 11.7. The summed E-state index contributed by atoms with van der Waals surface area (Å²) in [4.78, 5) is 16.7. The molecule has 1 aliphatic heterocycles. The van der Waals surface area contributed by atoms with E-state index in [0.717, 1.165) is 29.7 Å². The van der Waals surface area contributed by atoms with Crippen LogP contribution in [0.5, 0.6) is 0 Å². The smallest absolute Gasteiger partial charge is 0.250 e. The van der Waals surface area contributed by atoms with Gasteiger partial charge in [0.25, 0.3) is 0 Å². The lowest BCUT2D eigenvalue weighted by Gasteiger charge is -2.29. The first-order valence-corrected chi connectivity index (χ1v) is 5.99. The minimum atomic E-state index is -0.0891. The van der Waals surface area contributed by atoms with Gasteiger partial charge in [0.05, 0.1) is 24.4 Å². The van der Waals surface area contributed by atoms with Gasteiger partial charge in [-0.05, 0) is 18.2 Å². The quantitative estimate of drug-likeness (QED) is 0.734. The van der Waals surface area contributed by atoms with Crippen LogP contribution in [0.15, 0.2) is 29.1 Å². The van der Waals surface area contributed by atoms with E-state index in [-0.39, 0.29) is 5.56 Å². The van der Waals surface area contributed by atoms with Gasteiger partial charge < -0.3 is 20.4 Å². The van der Waals surface area contributed by atoms with E-state index in [1.807, 2.05) is 12.1 Å². The van der Waals surface area contributed by atoms with Crippen molar-refractivity contribution >= 4 is 22.3 Å². The molecule has 3 rings (SSSR count). The molecule has 3 N–H and O–H groups in total. The van der Waals surface area contributed by atoms with Crippen molar-refractivity contribution in [1.29, 1.82) is 0 Å². The highest BCUT2D eigenvalue weighted by Gasteiger charge is 2.14. The number of morpholine rings is 1. The van der Waals surface area contributed by atoms with Crippen LogP contribution in [0, 0.1) is 0 Å². The van der Waals surface area contributed by atoms with Crippen molar-refractivity contribution in [3.8, 4) is 0 Å². The summed E-state index contributed by atoms with van der Waals surface area (Å²) in [5.41, 5.74) is 8.19. The maximum Gasteiger partial charge on any atom is 0.250 e. The van der Waals surface area contributed by atoms with Crippen LogP contribution >= 0.6 is 0 Å². The third-order valence-electron chi connectivity index (χ3n) is 3.20. The molecule has 2 heterocycles. The van der Waals surface area contributed by atoms with Crippen LogP contribution in [0.25, 0.3) is 10.9 Å². The second-order valence-corrected chi connectivity index (χ2v) is 4.42. The number of nitrogens with two attached hydrogens (primary N) is 1. The predicted octanol–water partition coefficient (Wildman–Crippen LogP) is 0.947. The van der Waals surface area contributed by atoms with Gasteiger partial charge in [0.15, 0.2) is 0 Å². The molecular formula is C13H15N3O2. The van der Waals surface area contributed by atoms with Gasteiger partial charge in [0, 0.05) is 30.2 Å². The van der Waals surface area contributed by atoms with Crippen molar-refractivity contribution in [2.45, 2.75) is 0 Å². The number of hydrogen-bond donors (Lipinski definition) is 2. The van der Waals surface area contributed by atoms with Crippen molar-refractivity contribution < 1.29 is 4.74 Å². The van der Waals surface area contributed by atoms with Gasteiger partial charge in [-0.3, -0.25) is 4.79 Å². The van der Waals surface area contributed by atoms with Crippen molar-refractivity contribution in [3.63, 3.8) is 0 Å². The average molecular weight is 245 g/mol. The van der Waals surface area contributed by atoms with Gasteiger partial charge in [0.2, 0.25) is 5.56 Å². The van der Waals surface area contributed by atoms with E-state index in [1.54, 1.807) is 12.1 Å². The van der Waals surface area contributed by atoms with Crippen molar-refractivity contribution in [3.05, 3.63) is 34.6 Å². The van der Waals surface area contributed by atoms with Gasteiger partial charge in [-0.2, -0.15) is 0 Å². The molecule has 1 saturated heterocycles. The number of pyridine rings is 1. The minimum absolute atomic E-state index is 0.0891. The summed E-state index contributed by atoms with van der Waals surface area (Å²) >= 11 is 0. The molecular weight excluding hydrogens is 230 g/mol. The van der Waals surface area contributed by atoms with E-state index in [1.165, 1.54) is 0 Å². The van der Waals surface area contributed by atoms with E-state index in [4.69, 9.17) is 10.5 Å². The summed E-state index contributed by atoms with van der Waals surface area (Å²) in [6.07, 6.45) is 0. The summed E-state index contributed by atoms with van der Waals surface area (Å²) in [6, 6.07) is 7.17. The van der Waals surface area contributed by atoms with Crippen LogP contribution in [0.4, 0.5) is 11.4 Å². The summed E-state index contributed by atoms with van der Waals surface area (Å²) in [7, 11) is 0. The number of benzene rings is 1. The fraction of sp³-hybridized carbons (Fsp3) is 0.308. The number of aromatic nitrogens is 1. The maximum absolute atomic E-state index is 11.7. The number of H-pyrrole nitrogens is 1. The first kappa shape index (κ1) is 11.1. The normalized spacial score (nSPS) is 16.1. The third kappa shape index (κ3) is 1.93. The average Bonchev–Trinajstić information content (AvgIpc) is 2.39. The highest BCUT2D eigenvalue weighted by Crippen LogP contribution is 2.26. The lowest BCUT2D eigenvalue weighted by atomic mass is 10.1. The molecule has 0 atom stereocenters. The van der Waals surface area contributed by atoms with Gasteiger partial charge in [-0.15, -0.1) is 0 Å². The Morgan fingerprint density at radius 2 is 2.00 bits per heavy atom. The zero-order valence-corrected chi connectivity index (χ0v) is 9.98. The molecule has 0 spiro atoms. The number of rotatable bonds is 1. The predicted molar refractivity (Wildman–Crippen MR) is 72.0 cm³/mol. The fourth-order valence-electron chi connectivity index (χ4n) is 2.32. The van der Waals surface area contributed by atoms with Crippen molar-refractivity contribution in [2.24, 2.45) is 0 Å². The Balaban J connectivity index is 2.19. The molecule has 1 aromatic heterocycles. The number of fused-ring (bicyclic) bond motifs is 1. The zero-order valence-electron chi connectivity index (χ0n) is 9.98. The second kappa shape index (κ2) is 4.34. The molecule has 18 heavy (non-hydrogen) atoms. The van der Waals surface area contributed by atoms with Crippen molar-refractivity contribution in [2.75, 3.05) is 36.9 Å². The van der Waals surface area contributed by atoms with Crippen LogP contribution in [0.3, 0.4) is 0 Å². The third-order valence-corrected chi connectivity index (χ3v) is 3.20. The Morgan fingerprint density at radius 1 is 1.22 bits per heavy atom. The first-order chi connectivity index (χ1) is 8.74. The first-order valence-electron chi connectivity index (χ1n) is 5.99. The van der Waals surface area contributed by atoms with Crippen molar-refractivity contribution in [1.82, 2.24) is 4.98 Å². The van der Waals surface area contributed by atoms with E-state index < -0.39 is 0 Å². The molecule has 0 unspecified atom stereocenters. The minimum Gasteiger partial charge on any atom is -0.399 e. The number of anilines is 2. The van der Waals surface area contributed by atoms with Gasteiger partial charge >= 0.3 is 0 Å². The lowest BCUT2D eigenvalue weighted by molar-refractivity contribution is 0.123. The van der Waals surface area contributed by atoms with E-state index >= 15 is 0 Å². The second-order valence-electron chi connectivity index (χ2n) is 4.42. The van der Waals surface area contributed by atoms with Crippen LogP contribution in [-0.2, 0) is 4.74 Å². The number of ether oxygens (including phenoxy) is 1. The Morgan fingerprint density at radius 3 is 2.78 bits per heavy atom. The SMILES string of the molecule is Nc1ccc2[nH]c(=O)cc(N3CCOCC3)c2c1. The molecule has 0 radical (unpaired) electrons. The molecule has 94 valence electrons. The molecule has 0 aliphatic carbocycles. The molecule has 0 amide bonds. The van der Waals surface area contributed by atoms with Crippen LogP contribution in [0.1, 0.15) is 0 Å². The summed E-state index contributed by atoms with van der Waals surface area (Å²) in [5.74, 6) is 0. The standard InChI is InChI=1S/C13H15N3O2/c14-9-1-2-11-10(7-9)12(8-13(17)15-11)16-3-5-18-6-4-16/h1-2,7-8H,3-6,14H2,(H,15,17). The largest absolute Gasteiger partial charge is 0.399 e. The Bertz CT molecular complexity index is 630. The molecule has 5 nitrogen and oxygen atoms in total. The van der Waals surface area contributed by atoms with Crippen LogP contribution in [0.2, 0.25) is 0 Å². The van der Waals surface area contributed by atoms with Gasteiger partial charge in [-0.1, -0.05) is 0 Å². The highest BCUT2D eigenvalue weighted by atomic mass is 16.5. The monoisotopic (exact) mass is 245 g/mol. The summed E-state index contributed by atoms with van der Waals surface area (Å²) in [5, 5.41) is 0.983. The molecule has 5 heteroatoms. The zero-order chi connectivity index (χ0) is 12.5. The lowest BCUT2D eigenvalue weighted by Crippen LogP contribution is -2.36. The van der Waals surface area contributed by atoms with Gasteiger partial charge in [-0.25, -0.2) is 0 Å². The Labute approximate surface area is 104 Å². The Kier molecular flexibility index (Phi) is 2.68. The molecule has 0 saturated carbocycles. The molecule has 0 bridgehead atoms. The molecule has 2 aromatic rings. The van der Waals surface area contributed by atoms with E-state index in [2.05, 4.69) is 9.88 Å². The number of aromatic amines is 1. The fourth-order valence-corrected chi connectivity index (χ4v) is 2.32. The van der Waals surface area contributed by atoms with E-state index in [0.29, 0.717) is 18.9 Å². The number of nitrogen functional groups attached to an aromatic ring is 1. The molecule has 1 aliphatic rings.